The lowest BCUT2D eigenvalue weighted by atomic mass is 10.1. The fourth-order valence-electron chi connectivity index (χ4n) is 2.19. The minimum atomic E-state index is -5.05. The molecule has 0 unspecified atom stereocenters. The first-order valence-corrected chi connectivity index (χ1v) is 7.88. The highest BCUT2D eigenvalue weighted by atomic mass is 31.2. The topological polar surface area (TPSA) is 194 Å². The number of nitrogens with zero attached hydrogens (tertiary/aromatic N) is 2. The molecule has 0 aromatic carbocycles. The highest BCUT2D eigenvalue weighted by Crippen LogP contribution is 2.34. The number of ether oxygens (including phenoxy) is 1. The van der Waals surface area contributed by atoms with E-state index in [1.807, 2.05) is 0 Å². The molecule has 2 heterocycles. The van der Waals surface area contributed by atoms with Gasteiger partial charge in [-0.3, -0.25) is 4.57 Å². The molecule has 1 aromatic rings. The summed E-state index contributed by atoms with van der Waals surface area (Å²) in [6.45, 7) is 0. The van der Waals surface area contributed by atoms with Crippen LogP contribution in [0.4, 0.5) is 5.82 Å². The van der Waals surface area contributed by atoms with Gasteiger partial charge in [-0.2, -0.15) is 4.98 Å². The highest BCUT2D eigenvalue weighted by Gasteiger charge is 2.47. The summed E-state index contributed by atoms with van der Waals surface area (Å²) in [4.78, 5) is 36.4. The van der Waals surface area contributed by atoms with Crippen LogP contribution in [-0.2, 0) is 9.30 Å². The second-order valence-corrected chi connectivity index (χ2v) is 6.46. The first-order chi connectivity index (χ1) is 10.1. The van der Waals surface area contributed by atoms with E-state index in [2.05, 4.69) is 4.98 Å². The van der Waals surface area contributed by atoms with Gasteiger partial charge in [-0.1, -0.05) is 7.60 Å². The summed E-state index contributed by atoms with van der Waals surface area (Å²) in [6.07, 6.45) is -8.17. The number of hydrogen-bond acceptors (Lipinski definition) is 10. The van der Waals surface area contributed by atoms with E-state index >= 15 is 0 Å². The number of rotatable bonds is 4. The third-order valence-electron chi connectivity index (χ3n) is 3.19. The van der Waals surface area contributed by atoms with Crippen LogP contribution in [0.1, 0.15) is 6.23 Å². The molecule has 22 heavy (non-hydrogen) atoms. The predicted molar refractivity (Wildman–Crippen MR) is 67.3 cm³/mol. The van der Waals surface area contributed by atoms with E-state index in [1.165, 1.54) is 6.07 Å². The van der Waals surface area contributed by atoms with Crippen LogP contribution in [0.15, 0.2) is 17.1 Å². The Labute approximate surface area is 123 Å². The van der Waals surface area contributed by atoms with Crippen molar-refractivity contribution in [2.24, 2.45) is 0 Å². The van der Waals surface area contributed by atoms with Crippen LogP contribution < -0.4 is 21.2 Å². The van der Waals surface area contributed by atoms with E-state index in [0.717, 1.165) is 10.8 Å². The third kappa shape index (κ3) is 3.52. The van der Waals surface area contributed by atoms with Gasteiger partial charge in [-0.05, 0) is 6.07 Å². The Kier molecular flexibility index (Phi) is 4.68. The van der Waals surface area contributed by atoms with Gasteiger partial charge in [0.05, 0.1) is 6.10 Å². The zero-order valence-corrected chi connectivity index (χ0v) is 11.9. The molecule has 0 saturated carbocycles. The smallest absolute Gasteiger partial charge is 0.351 e. The van der Waals surface area contributed by atoms with Gasteiger partial charge in [0.15, 0.2) is 6.23 Å². The maximum atomic E-state index is 11.7. The van der Waals surface area contributed by atoms with Crippen molar-refractivity contribution in [1.29, 1.82) is 0 Å². The largest absolute Gasteiger partial charge is 0.811 e. The Bertz CT molecular complexity index is 645. The number of hydrogen-bond donors (Lipinski definition) is 4. The molecule has 0 radical (unpaired) electrons. The summed E-state index contributed by atoms with van der Waals surface area (Å²) in [5, 5.41) is 29.4. The lowest BCUT2D eigenvalue weighted by Crippen LogP contribution is -2.42. The number of nitrogens with two attached hydrogens (primary N) is 1. The number of anilines is 1. The van der Waals surface area contributed by atoms with Gasteiger partial charge in [0.1, 0.15) is 24.1 Å². The van der Waals surface area contributed by atoms with Gasteiger partial charge < -0.3 is 40.1 Å². The Balaban J connectivity index is 2.23. The number of aromatic nitrogens is 2. The van der Waals surface area contributed by atoms with Crippen molar-refractivity contribution in [3.8, 4) is 0 Å². The van der Waals surface area contributed by atoms with Gasteiger partial charge in [0.25, 0.3) is 0 Å². The van der Waals surface area contributed by atoms with Gasteiger partial charge >= 0.3 is 5.69 Å². The normalized spacial score (nSPS) is 30.4. The van der Waals surface area contributed by atoms with Gasteiger partial charge in [-0.15, -0.1) is 0 Å². The standard InChI is InChI=1S/C10H16N3O8P/c11-5-1-2-13(10(17)12-5)9-7(16)6(15)8(21-9)4(14)3-22(18,19)20/h1-2,4,6-9,14-16H,3H2,(H2,11,12,17)(H2,18,19,20)/p-2/t4-,6+,7-,8-,9-/m1/s1. The Morgan fingerprint density at radius 3 is 2.64 bits per heavy atom. The molecule has 5 atom stereocenters. The quantitative estimate of drug-likeness (QED) is 0.391. The Hall–Kier alpha value is -1.33. The Morgan fingerprint density at radius 1 is 1.45 bits per heavy atom. The second kappa shape index (κ2) is 6.05. The monoisotopic (exact) mass is 335 g/mol. The molecule has 1 aromatic heterocycles. The molecule has 5 N–H and O–H groups in total. The number of aliphatic hydroxyl groups is 3. The lowest BCUT2D eigenvalue weighted by Gasteiger charge is -2.33. The molecule has 0 aliphatic carbocycles. The molecule has 0 spiro atoms. The molecule has 0 amide bonds. The van der Waals surface area contributed by atoms with Crippen molar-refractivity contribution >= 4 is 13.4 Å². The predicted octanol–water partition coefficient (Wildman–Crippen LogP) is -4.28. The van der Waals surface area contributed by atoms with Crippen molar-refractivity contribution in [3.63, 3.8) is 0 Å². The van der Waals surface area contributed by atoms with Crippen molar-refractivity contribution in [3.05, 3.63) is 22.7 Å². The maximum Gasteiger partial charge on any atom is 0.351 e. The zero-order valence-electron chi connectivity index (χ0n) is 11.1. The Morgan fingerprint density at radius 2 is 2.09 bits per heavy atom. The summed E-state index contributed by atoms with van der Waals surface area (Å²) in [5.41, 5.74) is 4.44. The minimum Gasteiger partial charge on any atom is -0.811 e. The molecule has 11 nitrogen and oxygen atoms in total. The van der Waals surface area contributed by atoms with Crippen molar-refractivity contribution in [2.45, 2.75) is 30.6 Å². The van der Waals surface area contributed by atoms with Crippen molar-refractivity contribution in [2.75, 3.05) is 11.9 Å². The van der Waals surface area contributed by atoms with E-state index in [0.29, 0.717) is 0 Å². The molecule has 1 aliphatic rings. The van der Waals surface area contributed by atoms with Crippen molar-refractivity contribution in [1.82, 2.24) is 9.55 Å². The van der Waals surface area contributed by atoms with Gasteiger partial charge in [-0.25, -0.2) is 4.79 Å². The molecule has 0 bridgehead atoms. The van der Waals surface area contributed by atoms with Crippen LogP contribution >= 0.6 is 7.60 Å². The summed E-state index contributed by atoms with van der Waals surface area (Å²) >= 11 is 0. The average molecular weight is 335 g/mol. The molecule has 1 saturated heterocycles. The number of aliphatic hydroxyl groups excluding tert-OH is 3. The molecular weight excluding hydrogens is 321 g/mol. The molecule has 124 valence electrons. The lowest BCUT2D eigenvalue weighted by molar-refractivity contribution is -0.315. The van der Waals surface area contributed by atoms with Crippen LogP contribution in [-0.4, -0.2) is 55.4 Å². The van der Waals surface area contributed by atoms with Crippen LogP contribution in [0.2, 0.25) is 0 Å². The van der Waals surface area contributed by atoms with Gasteiger partial charge in [0, 0.05) is 12.4 Å². The van der Waals surface area contributed by atoms with Crippen LogP contribution in [0.25, 0.3) is 0 Å². The third-order valence-corrected chi connectivity index (χ3v) is 4.01. The highest BCUT2D eigenvalue weighted by molar-refractivity contribution is 7.48. The summed E-state index contributed by atoms with van der Waals surface area (Å²) in [7, 11) is -5.05. The van der Waals surface area contributed by atoms with Crippen LogP contribution in [0.5, 0.6) is 0 Å². The van der Waals surface area contributed by atoms with E-state index in [1.54, 1.807) is 0 Å². The molecule has 1 aliphatic heterocycles. The van der Waals surface area contributed by atoms with Gasteiger partial charge in [0.2, 0.25) is 0 Å². The van der Waals surface area contributed by atoms with Crippen LogP contribution in [0, 0.1) is 0 Å². The van der Waals surface area contributed by atoms with E-state index in [4.69, 9.17) is 10.5 Å². The summed E-state index contributed by atoms with van der Waals surface area (Å²) < 4.78 is 16.6. The number of nitrogen functional groups attached to an aromatic ring is 1. The average Bonchev–Trinajstić information content (AvgIpc) is 2.65. The molecule has 1 fully saturated rings. The molecular formula is C10H14N3O8P-2. The van der Waals surface area contributed by atoms with E-state index < -0.39 is 50.1 Å². The second-order valence-electron chi connectivity index (χ2n) is 4.88. The van der Waals surface area contributed by atoms with Crippen molar-refractivity contribution < 1.29 is 34.4 Å². The maximum absolute atomic E-state index is 11.7. The van der Waals surface area contributed by atoms with E-state index in [9.17, 15) is 34.5 Å². The first-order valence-electron chi connectivity index (χ1n) is 6.15. The fourth-order valence-corrected chi connectivity index (χ4v) is 2.85. The van der Waals surface area contributed by atoms with E-state index in [-0.39, 0.29) is 5.82 Å². The zero-order chi connectivity index (χ0) is 16.7. The molecule has 12 heteroatoms. The molecule has 2 rings (SSSR count). The SMILES string of the molecule is Nc1ccn([C@@H]2O[C@H]([C@H](O)CP(=O)([O-])[O-])[C@@H](O)[C@H]2O)c(=O)n1. The first kappa shape index (κ1) is 17.0. The van der Waals surface area contributed by atoms with Crippen LogP contribution in [0.3, 0.4) is 0 Å². The summed E-state index contributed by atoms with van der Waals surface area (Å²) in [5.74, 6) is -0.0653. The fraction of sp³-hybridized carbons (Fsp3) is 0.600. The minimum absolute atomic E-state index is 0.0653. The summed E-state index contributed by atoms with van der Waals surface area (Å²) in [6, 6.07) is 1.25.